The number of fused-ring (bicyclic) bond motifs is 1. The van der Waals surface area contributed by atoms with Crippen molar-refractivity contribution in [2.75, 3.05) is 5.32 Å². The number of carbonyl (C=O) groups excluding carboxylic acids is 1. The molecule has 0 spiro atoms. The summed E-state index contributed by atoms with van der Waals surface area (Å²) in [5.41, 5.74) is 3.93. The number of thiazole rings is 1. The number of nitrogens with one attached hydrogen (secondary N) is 1. The molecule has 0 bridgehead atoms. The lowest BCUT2D eigenvalue weighted by Gasteiger charge is -2.04. The van der Waals surface area contributed by atoms with Crippen molar-refractivity contribution in [2.45, 2.75) is 13.3 Å². The molecule has 0 atom stereocenters. The zero-order chi connectivity index (χ0) is 17.9. The Morgan fingerprint density at radius 2 is 1.85 bits per heavy atom. The second-order valence-electron chi connectivity index (χ2n) is 6.28. The van der Waals surface area contributed by atoms with Gasteiger partial charge >= 0.3 is 0 Å². The van der Waals surface area contributed by atoms with Crippen molar-refractivity contribution in [2.24, 2.45) is 0 Å². The predicted octanol–water partition coefficient (Wildman–Crippen LogP) is 5.45. The van der Waals surface area contributed by atoms with E-state index in [0.717, 1.165) is 27.5 Å². The van der Waals surface area contributed by atoms with Crippen molar-refractivity contribution < 1.29 is 4.79 Å². The average molecular weight is 358 g/mol. The lowest BCUT2D eigenvalue weighted by molar-refractivity contribution is -0.115. The molecular weight excluding hydrogens is 340 g/mol. The number of anilines is 1. The van der Waals surface area contributed by atoms with Gasteiger partial charge in [-0.15, -0.1) is 11.3 Å². The number of nitrogens with zero attached hydrogens (tertiary/aromatic N) is 1. The Bertz CT molecular complexity index is 1080. The summed E-state index contributed by atoms with van der Waals surface area (Å²) >= 11 is 1.52. The van der Waals surface area contributed by atoms with Crippen molar-refractivity contribution in [3.63, 3.8) is 0 Å². The summed E-state index contributed by atoms with van der Waals surface area (Å²) in [5.74, 6) is -0.0463. The van der Waals surface area contributed by atoms with Gasteiger partial charge in [0.15, 0.2) is 0 Å². The molecule has 0 saturated carbocycles. The van der Waals surface area contributed by atoms with Gasteiger partial charge in [0.05, 0.1) is 12.1 Å². The summed E-state index contributed by atoms with van der Waals surface area (Å²) in [6, 6.07) is 22.4. The first-order chi connectivity index (χ1) is 12.7. The summed E-state index contributed by atoms with van der Waals surface area (Å²) in [6.45, 7) is 2.01. The first-order valence-electron chi connectivity index (χ1n) is 8.47. The fourth-order valence-electron chi connectivity index (χ4n) is 2.94. The SMILES string of the molecule is Cc1cccc(NC(=O)Cc2nc(-c3ccc4ccccc4c3)cs2)c1. The fourth-order valence-corrected chi connectivity index (χ4v) is 3.74. The van der Waals surface area contributed by atoms with E-state index in [9.17, 15) is 4.79 Å². The molecule has 1 aromatic heterocycles. The van der Waals surface area contributed by atoms with Crippen LogP contribution in [0.2, 0.25) is 0 Å². The summed E-state index contributed by atoms with van der Waals surface area (Å²) in [4.78, 5) is 16.9. The van der Waals surface area contributed by atoms with E-state index in [4.69, 9.17) is 0 Å². The second kappa shape index (κ2) is 7.10. The average Bonchev–Trinajstić information content (AvgIpc) is 3.09. The highest BCUT2D eigenvalue weighted by atomic mass is 32.1. The van der Waals surface area contributed by atoms with E-state index in [-0.39, 0.29) is 12.3 Å². The molecule has 1 heterocycles. The Morgan fingerprint density at radius 3 is 2.69 bits per heavy atom. The van der Waals surface area contributed by atoms with Gasteiger partial charge in [-0.05, 0) is 41.5 Å². The van der Waals surface area contributed by atoms with E-state index in [2.05, 4.69) is 40.6 Å². The number of amides is 1. The molecule has 0 unspecified atom stereocenters. The van der Waals surface area contributed by atoms with Crippen molar-refractivity contribution in [3.8, 4) is 11.3 Å². The molecule has 1 N–H and O–H groups in total. The number of hydrogen-bond acceptors (Lipinski definition) is 3. The van der Waals surface area contributed by atoms with Gasteiger partial charge in [0.1, 0.15) is 5.01 Å². The molecule has 4 rings (SSSR count). The van der Waals surface area contributed by atoms with Gasteiger partial charge in [0, 0.05) is 16.6 Å². The molecule has 3 aromatic carbocycles. The third kappa shape index (κ3) is 3.65. The molecular formula is C22H18N2OS. The molecule has 4 heteroatoms. The lowest BCUT2D eigenvalue weighted by atomic mass is 10.1. The van der Waals surface area contributed by atoms with E-state index in [1.165, 1.54) is 22.1 Å². The summed E-state index contributed by atoms with van der Waals surface area (Å²) in [5, 5.41) is 8.17. The van der Waals surface area contributed by atoms with E-state index in [0.29, 0.717) is 0 Å². The largest absolute Gasteiger partial charge is 0.326 e. The van der Waals surface area contributed by atoms with Crippen LogP contribution >= 0.6 is 11.3 Å². The van der Waals surface area contributed by atoms with E-state index < -0.39 is 0 Å². The van der Waals surface area contributed by atoms with Gasteiger partial charge in [-0.2, -0.15) is 0 Å². The number of aromatic nitrogens is 1. The zero-order valence-electron chi connectivity index (χ0n) is 14.4. The highest BCUT2D eigenvalue weighted by Crippen LogP contribution is 2.26. The van der Waals surface area contributed by atoms with Crippen molar-refractivity contribution in [3.05, 3.63) is 82.7 Å². The number of hydrogen-bond donors (Lipinski definition) is 1. The standard InChI is InChI=1S/C22H18N2OS/c1-15-5-4-8-19(11-15)23-21(25)13-22-24-20(14-26-22)18-10-9-16-6-2-3-7-17(16)12-18/h2-12,14H,13H2,1H3,(H,23,25). The minimum atomic E-state index is -0.0463. The van der Waals surface area contributed by atoms with Gasteiger partial charge in [0.2, 0.25) is 5.91 Å². The molecule has 0 aliphatic rings. The monoisotopic (exact) mass is 358 g/mol. The van der Waals surface area contributed by atoms with Crippen molar-refractivity contribution >= 4 is 33.7 Å². The van der Waals surface area contributed by atoms with Crippen LogP contribution in [0.4, 0.5) is 5.69 Å². The minimum Gasteiger partial charge on any atom is -0.326 e. The third-order valence-corrected chi connectivity index (χ3v) is 5.06. The molecule has 0 aliphatic carbocycles. The first-order valence-corrected chi connectivity index (χ1v) is 9.35. The second-order valence-corrected chi connectivity index (χ2v) is 7.23. The minimum absolute atomic E-state index is 0.0463. The third-order valence-electron chi connectivity index (χ3n) is 4.21. The maximum absolute atomic E-state index is 12.3. The highest BCUT2D eigenvalue weighted by Gasteiger charge is 2.10. The molecule has 0 aliphatic heterocycles. The topological polar surface area (TPSA) is 42.0 Å². The van der Waals surface area contributed by atoms with Crippen molar-refractivity contribution in [1.29, 1.82) is 0 Å². The Kier molecular flexibility index (Phi) is 4.50. The van der Waals surface area contributed by atoms with Crippen molar-refractivity contribution in [1.82, 2.24) is 4.98 Å². The molecule has 4 aromatic rings. The molecule has 1 amide bonds. The summed E-state index contributed by atoms with van der Waals surface area (Å²) in [6.07, 6.45) is 0.284. The number of benzene rings is 3. The maximum atomic E-state index is 12.3. The van der Waals surface area contributed by atoms with Crippen LogP contribution in [0.1, 0.15) is 10.6 Å². The predicted molar refractivity (Wildman–Crippen MR) is 109 cm³/mol. The summed E-state index contributed by atoms with van der Waals surface area (Å²) < 4.78 is 0. The van der Waals surface area contributed by atoms with Crippen LogP contribution in [0.15, 0.2) is 72.1 Å². The Labute approximate surface area is 156 Å². The van der Waals surface area contributed by atoms with Gasteiger partial charge in [-0.25, -0.2) is 4.98 Å². The van der Waals surface area contributed by atoms with Crippen LogP contribution in [0, 0.1) is 6.92 Å². The van der Waals surface area contributed by atoms with Gasteiger partial charge in [-0.3, -0.25) is 4.79 Å². The molecule has 128 valence electrons. The van der Waals surface area contributed by atoms with Crippen LogP contribution < -0.4 is 5.32 Å². The zero-order valence-corrected chi connectivity index (χ0v) is 15.2. The van der Waals surface area contributed by atoms with Gasteiger partial charge in [0.25, 0.3) is 0 Å². The lowest BCUT2D eigenvalue weighted by Crippen LogP contribution is -2.14. The normalized spacial score (nSPS) is 10.8. The first kappa shape index (κ1) is 16.5. The Balaban J connectivity index is 1.49. The van der Waals surface area contributed by atoms with Crippen LogP contribution in [-0.4, -0.2) is 10.9 Å². The van der Waals surface area contributed by atoms with E-state index in [1.807, 2.05) is 48.7 Å². The summed E-state index contributed by atoms with van der Waals surface area (Å²) in [7, 11) is 0. The van der Waals surface area contributed by atoms with Gasteiger partial charge < -0.3 is 5.32 Å². The molecule has 26 heavy (non-hydrogen) atoms. The number of rotatable bonds is 4. The number of carbonyl (C=O) groups is 1. The van der Waals surface area contributed by atoms with Gasteiger partial charge in [-0.1, -0.05) is 48.5 Å². The smallest absolute Gasteiger partial charge is 0.231 e. The molecule has 3 nitrogen and oxygen atoms in total. The Morgan fingerprint density at radius 1 is 1.00 bits per heavy atom. The molecule has 0 saturated heterocycles. The van der Waals surface area contributed by atoms with E-state index >= 15 is 0 Å². The molecule has 0 radical (unpaired) electrons. The van der Waals surface area contributed by atoms with Crippen LogP contribution in [0.5, 0.6) is 0 Å². The Hall–Kier alpha value is -2.98. The van der Waals surface area contributed by atoms with Crippen LogP contribution in [-0.2, 0) is 11.2 Å². The number of aryl methyl sites for hydroxylation is 1. The quantitative estimate of drug-likeness (QED) is 0.527. The molecule has 0 fully saturated rings. The van der Waals surface area contributed by atoms with Crippen LogP contribution in [0.3, 0.4) is 0 Å². The fraction of sp³-hybridized carbons (Fsp3) is 0.0909. The maximum Gasteiger partial charge on any atom is 0.231 e. The van der Waals surface area contributed by atoms with E-state index in [1.54, 1.807) is 0 Å². The van der Waals surface area contributed by atoms with Crippen LogP contribution in [0.25, 0.3) is 22.0 Å². The highest BCUT2D eigenvalue weighted by molar-refractivity contribution is 7.10.